The molecule has 0 saturated carbocycles. The summed E-state index contributed by atoms with van der Waals surface area (Å²) in [6, 6.07) is 7.45. The Bertz CT molecular complexity index is 653. The van der Waals surface area contributed by atoms with Gasteiger partial charge in [0.2, 0.25) is 5.91 Å². The van der Waals surface area contributed by atoms with E-state index in [2.05, 4.69) is 6.92 Å². The molecule has 0 N–H and O–H groups in total. The van der Waals surface area contributed by atoms with E-state index in [0.29, 0.717) is 25.0 Å². The van der Waals surface area contributed by atoms with E-state index in [1.54, 1.807) is 7.11 Å². The van der Waals surface area contributed by atoms with Crippen molar-refractivity contribution in [1.82, 2.24) is 9.80 Å². The number of likely N-dealkylation sites (tertiary alicyclic amines) is 2. The van der Waals surface area contributed by atoms with Crippen molar-refractivity contribution in [1.29, 1.82) is 0 Å². The van der Waals surface area contributed by atoms with Crippen molar-refractivity contribution in [2.45, 2.75) is 32.6 Å². The molecule has 2 aliphatic heterocycles. The maximum Gasteiger partial charge on any atom is 0.253 e. The first-order valence-electron chi connectivity index (χ1n) is 10.4. The van der Waals surface area contributed by atoms with Crippen molar-refractivity contribution >= 4 is 11.8 Å². The summed E-state index contributed by atoms with van der Waals surface area (Å²) in [5.41, 5.74) is 0.718. The summed E-state index contributed by atoms with van der Waals surface area (Å²) in [5, 5.41) is 0. The topological polar surface area (TPSA) is 59.1 Å². The fraction of sp³-hybridized carbons (Fsp3) is 0.636. The van der Waals surface area contributed by atoms with Gasteiger partial charge in [-0.25, -0.2) is 0 Å². The fourth-order valence-electron chi connectivity index (χ4n) is 3.94. The summed E-state index contributed by atoms with van der Waals surface area (Å²) in [7, 11) is 1.54. The molecule has 2 heterocycles. The quantitative estimate of drug-likeness (QED) is 0.752. The van der Waals surface area contributed by atoms with Crippen molar-refractivity contribution in [3.8, 4) is 5.75 Å². The van der Waals surface area contributed by atoms with E-state index in [1.165, 1.54) is 0 Å². The summed E-state index contributed by atoms with van der Waals surface area (Å²) < 4.78 is 10.9. The Labute approximate surface area is 167 Å². The van der Waals surface area contributed by atoms with Gasteiger partial charge in [-0.05, 0) is 55.9 Å². The third kappa shape index (κ3) is 5.47. The molecule has 2 fully saturated rings. The third-order valence-corrected chi connectivity index (χ3v) is 5.80. The summed E-state index contributed by atoms with van der Waals surface area (Å²) in [4.78, 5) is 28.4. The zero-order chi connectivity index (χ0) is 19.9. The van der Waals surface area contributed by atoms with Crippen LogP contribution >= 0.6 is 0 Å². The molecule has 1 atom stereocenters. The van der Waals surface area contributed by atoms with Gasteiger partial charge < -0.3 is 19.3 Å². The van der Waals surface area contributed by atoms with Crippen molar-refractivity contribution in [3.05, 3.63) is 29.8 Å². The Morgan fingerprint density at radius 3 is 2.43 bits per heavy atom. The van der Waals surface area contributed by atoms with E-state index in [9.17, 15) is 9.59 Å². The van der Waals surface area contributed by atoms with E-state index in [4.69, 9.17) is 9.47 Å². The van der Waals surface area contributed by atoms with Gasteiger partial charge in [-0.2, -0.15) is 0 Å². The van der Waals surface area contributed by atoms with Gasteiger partial charge in [0.05, 0.1) is 6.61 Å². The summed E-state index contributed by atoms with van der Waals surface area (Å²) in [6.07, 6.45) is 4.21. The van der Waals surface area contributed by atoms with E-state index < -0.39 is 0 Å². The zero-order valence-electron chi connectivity index (χ0n) is 17.1. The highest BCUT2D eigenvalue weighted by Crippen LogP contribution is 2.21. The predicted octanol–water partition coefficient (Wildman–Crippen LogP) is 2.82. The number of benzene rings is 1. The number of hydrogen-bond acceptors (Lipinski definition) is 4. The van der Waals surface area contributed by atoms with Gasteiger partial charge in [-0.15, -0.1) is 0 Å². The second kappa shape index (κ2) is 9.92. The molecule has 154 valence electrons. The summed E-state index contributed by atoms with van der Waals surface area (Å²) in [6.45, 7) is 6.16. The largest absolute Gasteiger partial charge is 0.493 e. The molecular formula is C22H32N2O4. The number of carbonyl (C=O) groups is 2. The van der Waals surface area contributed by atoms with Crippen LogP contribution in [0.2, 0.25) is 0 Å². The van der Waals surface area contributed by atoms with Gasteiger partial charge in [-0.3, -0.25) is 9.59 Å². The van der Waals surface area contributed by atoms with Gasteiger partial charge in [-0.1, -0.05) is 6.92 Å². The second-order valence-electron chi connectivity index (χ2n) is 8.09. The van der Waals surface area contributed by atoms with Crippen molar-refractivity contribution in [2.24, 2.45) is 11.8 Å². The molecular weight excluding hydrogens is 356 g/mol. The summed E-state index contributed by atoms with van der Waals surface area (Å²) >= 11 is 0. The molecule has 0 unspecified atom stereocenters. The maximum absolute atomic E-state index is 12.6. The van der Waals surface area contributed by atoms with Crippen LogP contribution < -0.4 is 4.74 Å². The molecule has 2 aliphatic rings. The Morgan fingerprint density at radius 1 is 1.04 bits per heavy atom. The molecule has 1 aromatic rings. The number of hydrogen-bond donors (Lipinski definition) is 0. The van der Waals surface area contributed by atoms with Crippen LogP contribution in [0.4, 0.5) is 0 Å². The highest BCUT2D eigenvalue weighted by Gasteiger charge is 2.24. The molecule has 2 saturated heterocycles. The minimum absolute atomic E-state index is 0.0437. The third-order valence-electron chi connectivity index (χ3n) is 5.80. The average molecular weight is 389 g/mol. The molecule has 0 radical (unpaired) electrons. The van der Waals surface area contributed by atoms with Crippen LogP contribution in [0.1, 0.15) is 43.0 Å². The second-order valence-corrected chi connectivity index (χ2v) is 8.09. The highest BCUT2D eigenvalue weighted by atomic mass is 16.5. The van der Waals surface area contributed by atoms with Crippen molar-refractivity contribution in [2.75, 3.05) is 46.5 Å². The maximum atomic E-state index is 12.6. The number of rotatable bonds is 6. The minimum atomic E-state index is 0.0437. The lowest BCUT2D eigenvalue weighted by atomic mass is 9.98. The first-order valence-corrected chi connectivity index (χ1v) is 10.4. The van der Waals surface area contributed by atoms with Gasteiger partial charge in [0.15, 0.2) is 0 Å². The van der Waals surface area contributed by atoms with Crippen LogP contribution in [0.15, 0.2) is 24.3 Å². The Kier molecular flexibility index (Phi) is 7.31. The number of nitrogens with zero attached hydrogens (tertiary/aromatic N) is 2. The molecule has 2 amide bonds. The van der Waals surface area contributed by atoms with Crippen LogP contribution in [-0.4, -0.2) is 68.1 Å². The van der Waals surface area contributed by atoms with Crippen LogP contribution in [0.5, 0.6) is 5.75 Å². The van der Waals surface area contributed by atoms with E-state index in [-0.39, 0.29) is 18.4 Å². The predicted molar refractivity (Wildman–Crippen MR) is 107 cm³/mol. The van der Waals surface area contributed by atoms with E-state index >= 15 is 0 Å². The smallest absolute Gasteiger partial charge is 0.253 e. The van der Waals surface area contributed by atoms with Gasteiger partial charge in [0.25, 0.3) is 5.91 Å². The number of piperidine rings is 2. The average Bonchev–Trinajstić information content (AvgIpc) is 2.73. The normalized spacial score (nSPS) is 20.9. The molecule has 0 spiro atoms. The number of carbonyl (C=O) groups excluding carboxylic acids is 2. The zero-order valence-corrected chi connectivity index (χ0v) is 17.1. The molecule has 1 aromatic carbocycles. The van der Waals surface area contributed by atoms with E-state index in [0.717, 1.165) is 56.6 Å². The van der Waals surface area contributed by atoms with Crippen LogP contribution in [0, 0.1) is 11.8 Å². The SMILES string of the molecule is COCC(=O)N1CCC[C@H](COc2ccc(C(=O)N3CCC(C)CC3)cc2)C1. The number of methoxy groups -OCH3 is 1. The first kappa shape index (κ1) is 20.6. The van der Waals surface area contributed by atoms with Crippen LogP contribution in [0.25, 0.3) is 0 Å². The van der Waals surface area contributed by atoms with E-state index in [1.807, 2.05) is 34.1 Å². The Morgan fingerprint density at radius 2 is 1.75 bits per heavy atom. The highest BCUT2D eigenvalue weighted by molar-refractivity contribution is 5.94. The number of ether oxygens (including phenoxy) is 2. The van der Waals surface area contributed by atoms with Gasteiger partial charge >= 0.3 is 0 Å². The minimum Gasteiger partial charge on any atom is -0.493 e. The molecule has 0 bridgehead atoms. The monoisotopic (exact) mass is 388 g/mol. The molecule has 6 nitrogen and oxygen atoms in total. The lowest BCUT2D eigenvalue weighted by molar-refractivity contribution is -0.137. The van der Waals surface area contributed by atoms with Gasteiger partial charge in [0.1, 0.15) is 12.4 Å². The lowest BCUT2D eigenvalue weighted by Gasteiger charge is -2.32. The Hall–Kier alpha value is -2.08. The first-order chi connectivity index (χ1) is 13.6. The van der Waals surface area contributed by atoms with Crippen LogP contribution in [0.3, 0.4) is 0 Å². The molecule has 0 aliphatic carbocycles. The van der Waals surface area contributed by atoms with Crippen molar-refractivity contribution in [3.63, 3.8) is 0 Å². The Balaban J connectivity index is 1.48. The lowest BCUT2D eigenvalue weighted by Crippen LogP contribution is -2.43. The standard InChI is InChI=1S/C22H32N2O4/c1-17-9-12-23(13-10-17)22(26)19-5-7-20(8-6-19)28-15-18-4-3-11-24(14-18)21(25)16-27-2/h5-8,17-18H,3-4,9-16H2,1-2H3/t18-/m0/s1. The van der Waals surface area contributed by atoms with Gasteiger partial charge in [0, 0.05) is 44.8 Å². The summed E-state index contributed by atoms with van der Waals surface area (Å²) in [5.74, 6) is 1.95. The molecule has 6 heteroatoms. The van der Waals surface area contributed by atoms with Crippen molar-refractivity contribution < 1.29 is 19.1 Å². The molecule has 3 rings (SSSR count). The van der Waals surface area contributed by atoms with Crippen LogP contribution in [-0.2, 0) is 9.53 Å². The fourth-order valence-corrected chi connectivity index (χ4v) is 3.94. The number of amides is 2. The molecule has 0 aromatic heterocycles. The molecule has 28 heavy (non-hydrogen) atoms.